The van der Waals surface area contributed by atoms with E-state index >= 15 is 0 Å². The van der Waals surface area contributed by atoms with E-state index in [9.17, 15) is 21.6 Å². The Morgan fingerprint density at radius 3 is 2.31 bits per heavy atom. The molecule has 1 aliphatic heterocycles. The van der Waals surface area contributed by atoms with Crippen LogP contribution in [0.3, 0.4) is 0 Å². The maximum Gasteiger partial charge on any atom is 0.416 e. The van der Waals surface area contributed by atoms with Crippen molar-refractivity contribution in [2.24, 2.45) is 4.99 Å². The number of guanidine groups is 1. The first kappa shape index (κ1) is 26.0. The fourth-order valence-electron chi connectivity index (χ4n) is 2.89. The second-order valence-corrected chi connectivity index (χ2v) is 9.08. The van der Waals surface area contributed by atoms with Gasteiger partial charge in [-0.05, 0) is 24.6 Å². The second kappa shape index (κ2) is 11.3. The van der Waals surface area contributed by atoms with Gasteiger partial charge in [-0.3, -0.25) is 9.89 Å². The van der Waals surface area contributed by atoms with Crippen molar-refractivity contribution in [3.05, 3.63) is 35.4 Å². The van der Waals surface area contributed by atoms with Crippen molar-refractivity contribution in [3.8, 4) is 0 Å². The number of aliphatic imine (C=N–C) groups is 1. The van der Waals surface area contributed by atoms with E-state index in [1.807, 2.05) is 18.9 Å². The van der Waals surface area contributed by atoms with Gasteiger partial charge in [-0.25, -0.2) is 8.42 Å². The molecule has 0 saturated carbocycles. The number of nitrogens with zero attached hydrogens (tertiary/aromatic N) is 3. The Hall–Kier alpha value is -1.08. The lowest BCUT2D eigenvalue weighted by molar-refractivity contribution is -0.137. The van der Waals surface area contributed by atoms with Gasteiger partial charge in [0.15, 0.2) is 15.8 Å². The van der Waals surface area contributed by atoms with Crippen LogP contribution in [0.25, 0.3) is 0 Å². The molecule has 0 unspecified atom stereocenters. The number of hydrogen-bond acceptors (Lipinski definition) is 4. The average Bonchev–Trinajstić information content (AvgIpc) is 2.62. The van der Waals surface area contributed by atoms with E-state index in [0.717, 1.165) is 17.7 Å². The molecule has 1 N–H and O–H groups in total. The van der Waals surface area contributed by atoms with Gasteiger partial charge in [0, 0.05) is 39.8 Å². The topological polar surface area (TPSA) is 65.0 Å². The quantitative estimate of drug-likeness (QED) is 0.336. The maximum absolute atomic E-state index is 12.7. The molecule has 0 bridgehead atoms. The third-order valence-corrected chi connectivity index (χ3v) is 6.12. The monoisotopic (exact) mass is 548 g/mol. The first-order valence-electron chi connectivity index (χ1n) is 9.19. The predicted molar refractivity (Wildman–Crippen MR) is 119 cm³/mol. The van der Waals surface area contributed by atoms with Gasteiger partial charge in [0.05, 0.1) is 23.6 Å². The van der Waals surface area contributed by atoms with Crippen LogP contribution >= 0.6 is 24.0 Å². The van der Waals surface area contributed by atoms with E-state index in [0.29, 0.717) is 45.2 Å². The summed E-state index contributed by atoms with van der Waals surface area (Å²) in [5.74, 6) is 1.03. The zero-order valence-corrected chi connectivity index (χ0v) is 19.7. The molecule has 1 fully saturated rings. The standard InChI is InChI=1S/C18H27F3N4O2S.HI/c1-3-22-17(23-8-9-25-10-12-28(26,27)13-11-25)24(2)14-15-4-6-16(7-5-15)18(19,20)21;/h4-7H,3,8-14H2,1-2H3,(H,22,23);1H. The summed E-state index contributed by atoms with van der Waals surface area (Å²) < 4.78 is 60.9. The molecular formula is C18H28F3IN4O2S. The maximum atomic E-state index is 12.7. The molecule has 6 nitrogen and oxygen atoms in total. The van der Waals surface area contributed by atoms with Gasteiger partial charge in [-0.2, -0.15) is 13.2 Å². The van der Waals surface area contributed by atoms with E-state index in [1.54, 1.807) is 0 Å². The van der Waals surface area contributed by atoms with Crippen molar-refractivity contribution in [1.29, 1.82) is 0 Å². The molecule has 1 aromatic rings. The van der Waals surface area contributed by atoms with Gasteiger partial charge >= 0.3 is 6.18 Å². The van der Waals surface area contributed by atoms with E-state index in [1.165, 1.54) is 12.1 Å². The molecule has 0 spiro atoms. The molecule has 1 heterocycles. The molecule has 1 saturated heterocycles. The molecule has 0 radical (unpaired) electrons. The molecule has 1 aromatic carbocycles. The number of alkyl halides is 3. The van der Waals surface area contributed by atoms with Gasteiger partial charge in [0.1, 0.15) is 0 Å². The summed E-state index contributed by atoms with van der Waals surface area (Å²) in [7, 11) is -1.07. The first-order valence-corrected chi connectivity index (χ1v) is 11.0. The van der Waals surface area contributed by atoms with Crippen molar-refractivity contribution in [2.75, 3.05) is 51.3 Å². The van der Waals surface area contributed by atoms with Gasteiger partial charge in [-0.15, -0.1) is 24.0 Å². The Balaban J connectivity index is 0.00000420. The number of nitrogens with one attached hydrogen (secondary N) is 1. The van der Waals surface area contributed by atoms with Crippen molar-refractivity contribution in [1.82, 2.24) is 15.1 Å². The average molecular weight is 548 g/mol. The van der Waals surface area contributed by atoms with Crippen molar-refractivity contribution < 1.29 is 21.6 Å². The highest BCUT2D eigenvalue weighted by Gasteiger charge is 2.30. The van der Waals surface area contributed by atoms with Gasteiger partial charge in [0.25, 0.3) is 0 Å². The summed E-state index contributed by atoms with van der Waals surface area (Å²) in [6.45, 7) is 5.25. The zero-order valence-electron chi connectivity index (χ0n) is 16.6. The summed E-state index contributed by atoms with van der Waals surface area (Å²) >= 11 is 0. The van der Waals surface area contributed by atoms with Crippen molar-refractivity contribution in [3.63, 3.8) is 0 Å². The third kappa shape index (κ3) is 8.67. The molecule has 2 rings (SSSR count). The Morgan fingerprint density at radius 2 is 1.79 bits per heavy atom. The molecule has 0 aromatic heterocycles. The molecule has 0 atom stereocenters. The van der Waals surface area contributed by atoms with Crippen LogP contribution in [0.15, 0.2) is 29.3 Å². The van der Waals surface area contributed by atoms with E-state index in [2.05, 4.69) is 15.2 Å². The van der Waals surface area contributed by atoms with E-state index in [-0.39, 0.29) is 35.5 Å². The smallest absolute Gasteiger partial charge is 0.357 e. The molecule has 0 amide bonds. The van der Waals surface area contributed by atoms with Crippen LogP contribution in [-0.4, -0.2) is 75.5 Å². The molecule has 0 aliphatic carbocycles. The molecule has 11 heteroatoms. The SMILES string of the molecule is CCNC(=NCCN1CCS(=O)(=O)CC1)N(C)Cc1ccc(C(F)(F)F)cc1.I. The van der Waals surface area contributed by atoms with Crippen LogP contribution < -0.4 is 5.32 Å². The first-order chi connectivity index (χ1) is 13.1. The van der Waals surface area contributed by atoms with E-state index in [4.69, 9.17) is 0 Å². The highest BCUT2D eigenvalue weighted by atomic mass is 127. The largest absolute Gasteiger partial charge is 0.416 e. The molecule has 1 aliphatic rings. The molecule has 29 heavy (non-hydrogen) atoms. The fraction of sp³-hybridized carbons (Fsp3) is 0.611. The number of rotatable bonds is 6. The minimum absolute atomic E-state index is 0. The van der Waals surface area contributed by atoms with Crippen LogP contribution in [-0.2, 0) is 22.6 Å². The summed E-state index contributed by atoms with van der Waals surface area (Å²) in [6.07, 6.45) is -4.34. The second-order valence-electron chi connectivity index (χ2n) is 6.78. The fourth-order valence-corrected chi connectivity index (χ4v) is 4.17. The van der Waals surface area contributed by atoms with Crippen LogP contribution in [0.2, 0.25) is 0 Å². The molecule has 166 valence electrons. The van der Waals surface area contributed by atoms with Crippen LogP contribution in [0.1, 0.15) is 18.1 Å². The van der Waals surface area contributed by atoms with Crippen LogP contribution in [0, 0.1) is 0 Å². The number of benzene rings is 1. The van der Waals surface area contributed by atoms with Gasteiger partial charge in [-0.1, -0.05) is 12.1 Å². The van der Waals surface area contributed by atoms with Crippen molar-refractivity contribution in [2.45, 2.75) is 19.6 Å². The highest BCUT2D eigenvalue weighted by molar-refractivity contribution is 14.0. The Morgan fingerprint density at radius 1 is 1.21 bits per heavy atom. The van der Waals surface area contributed by atoms with Gasteiger partial charge in [0.2, 0.25) is 0 Å². The summed E-state index contributed by atoms with van der Waals surface area (Å²) in [5, 5.41) is 3.17. The minimum Gasteiger partial charge on any atom is -0.357 e. The number of halogens is 4. The summed E-state index contributed by atoms with van der Waals surface area (Å²) in [5.41, 5.74) is 0.0883. The van der Waals surface area contributed by atoms with Crippen LogP contribution in [0.4, 0.5) is 13.2 Å². The van der Waals surface area contributed by atoms with Crippen LogP contribution in [0.5, 0.6) is 0 Å². The predicted octanol–water partition coefficient (Wildman–Crippen LogP) is 2.45. The summed E-state index contributed by atoms with van der Waals surface area (Å²) in [4.78, 5) is 8.48. The lowest BCUT2D eigenvalue weighted by Gasteiger charge is -2.26. The van der Waals surface area contributed by atoms with Crippen molar-refractivity contribution >= 4 is 39.8 Å². The zero-order chi connectivity index (χ0) is 20.8. The summed E-state index contributed by atoms with van der Waals surface area (Å²) in [6, 6.07) is 5.10. The highest BCUT2D eigenvalue weighted by Crippen LogP contribution is 2.29. The molecular weight excluding hydrogens is 520 g/mol. The third-order valence-electron chi connectivity index (χ3n) is 4.51. The minimum atomic E-state index is -4.34. The normalized spacial score (nSPS) is 17.5. The number of sulfone groups is 1. The Kier molecular flexibility index (Phi) is 10.2. The Bertz CT molecular complexity index is 756. The lowest BCUT2D eigenvalue weighted by atomic mass is 10.1. The van der Waals surface area contributed by atoms with Gasteiger partial charge < -0.3 is 10.2 Å². The van der Waals surface area contributed by atoms with E-state index < -0.39 is 21.6 Å². The lowest BCUT2D eigenvalue weighted by Crippen LogP contribution is -2.42. The Labute approximate surface area is 187 Å². The number of hydrogen-bond donors (Lipinski definition) is 1.